The first-order valence-electron chi connectivity index (χ1n) is 10.4. The van der Waals surface area contributed by atoms with Gasteiger partial charge in [-0.2, -0.15) is 0 Å². The van der Waals surface area contributed by atoms with Gasteiger partial charge in [-0.3, -0.25) is 9.89 Å². The van der Waals surface area contributed by atoms with E-state index in [0.29, 0.717) is 23.6 Å². The molecule has 0 amide bonds. The number of hydrogen-bond acceptors (Lipinski definition) is 7. The van der Waals surface area contributed by atoms with E-state index in [0.717, 1.165) is 44.3 Å². The van der Waals surface area contributed by atoms with Crippen LogP contribution in [0.2, 0.25) is 0 Å². The van der Waals surface area contributed by atoms with Crippen molar-refractivity contribution in [2.75, 3.05) is 27.3 Å². The van der Waals surface area contributed by atoms with Crippen molar-refractivity contribution in [3.63, 3.8) is 0 Å². The van der Waals surface area contributed by atoms with Gasteiger partial charge in [0.05, 0.1) is 31.0 Å². The molecule has 156 valence electrons. The Labute approximate surface area is 170 Å². The first-order chi connectivity index (χ1) is 13.9. The number of carbonyl (C=O) groups excluding carboxylic acids is 1. The molecule has 4 aliphatic rings. The maximum Gasteiger partial charge on any atom is 0.343 e. The molecule has 0 bridgehead atoms. The Morgan fingerprint density at radius 1 is 1.31 bits per heavy atom. The molecule has 5 rings (SSSR count). The van der Waals surface area contributed by atoms with Crippen molar-refractivity contribution in [3.8, 4) is 11.5 Å². The molecule has 4 atom stereocenters. The Morgan fingerprint density at radius 3 is 2.79 bits per heavy atom. The molecular formula is C22H28N2O5. The van der Waals surface area contributed by atoms with Gasteiger partial charge in [-0.15, -0.1) is 0 Å². The molecule has 1 spiro atoms. The summed E-state index contributed by atoms with van der Waals surface area (Å²) in [6, 6.07) is 3.58. The van der Waals surface area contributed by atoms with E-state index in [2.05, 4.69) is 11.8 Å². The standard InChI is InChI=1S/C22H28N2O5/c1-4-20-6-5-8-24-9-7-21(18(20)24)13-10-15(25)16(28-2)11-14(13)23-17(21)22(27,12-20)19(26)29-3/h10-11,18,25,27H,4-9,12H2,1-3H3. The lowest BCUT2D eigenvalue weighted by atomic mass is 9.49. The molecule has 3 heterocycles. The lowest BCUT2D eigenvalue weighted by Gasteiger charge is -2.59. The number of hydrogen-bond donors (Lipinski definition) is 2. The van der Waals surface area contributed by atoms with E-state index in [1.807, 2.05) is 0 Å². The average Bonchev–Trinajstić information content (AvgIpc) is 3.27. The van der Waals surface area contributed by atoms with Crippen molar-refractivity contribution in [2.24, 2.45) is 10.4 Å². The predicted octanol–water partition coefficient (Wildman–Crippen LogP) is 2.30. The first kappa shape index (κ1) is 18.9. The van der Waals surface area contributed by atoms with Gasteiger partial charge in [0.25, 0.3) is 0 Å². The molecule has 29 heavy (non-hydrogen) atoms. The van der Waals surface area contributed by atoms with Gasteiger partial charge in [-0.25, -0.2) is 4.79 Å². The largest absolute Gasteiger partial charge is 0.504 e. The lowest BCUT2D eigenvalue weighted by molar-refractivity contribution is -0.163. The highest BCUT2D eigenvalue weighted by Gasteiger charge is 2.72. The minimum absolute atomic E-state index is 0.0561. The number of piperidine rings is 1. The molecule has 2 saturated heterocycles. The molecule has 1 aromatic rings. The molecule has 0 radical (unpaired) electrons. The quantitative estimate of drug-likeness (QED) is 0.757. The number of esters is 1. The number of aliphatic hydroxyl groups is 1. The zero-order valence-corrected chi connectivity index (χ0v) is 17.2. The fraction of sp³-hybridized carbons (Fsp3) is 0.636. The van der Waals surface area contributed by atoms with Gasteiger partial charge in [0.15, 0.2) is 11.5 Å². The summed E-state index contributed by atoms with van der Waals surface area (Å²) >= 11 is 0. The van der Waals surface area contributed by atoms with Gasteiger partial charge in [0, 0.05) is 12.1 Å². The normalized spacial score (nSPS) is 37.4. The summed E-state index contributed by atoms with van der Waals surface area (Å²) in [5, 5.41) is 22.4. The van der Waals surface area contributed by atoms with Gasteiger partial charge < -0.3 is 19.7 Å². The van der Waals surface area contributed by atoms with Crippen LogP contribution in [0.4, 0.5) is 5.69 Å². The molecule has 1 saturated carbocycles. The monoisotopic (exact) mass is 400 g/mol. The van der Waals surface area contributed by atoms with Gasteiger partial charge in [-0.1, -0.05) is 6.92 Å². The Hall–Kier alpha value is -2.12. The first-order valence-corrected chi connectivity index (χ1v) is 10.4. The van der Waals surface area contributed by atoms with Gasteiger partial charge in [0.2, 0.25) is 5.60 Å². The topological polar surface area (TPSA) is 91.6 Å². The van der Waals surface area contributed by atoms with Crippen LogP contribution in [0.3, 0.4) is 0 Å². The molecule has 1 aromatic carbocycles. The molecule has 0 aromatic heterocycles. The second-order valence-corrected chi connectivity index (χ2v) is 9.01. The van der Waals surface area contributed by atoms with Crippen molar-refractivity contribution >= 4 is 17.4 Å². The number of fused-ring (bicyclic) bond motifs is 1. The third-order valence-electron chi connectivity index (χ3n) is 7.98. The molecule has 7 nitrogen and oxygen atoms in total. The summed E-state index contributed by atoms with van der Waals surface area (Å²) in [5.74, 6) is -0.250. The maximum atomic E-state index is 12.9. The number of methoxy groups -OCH3 is 2. The number of nitrogens with zero attached hydrogens (tertiary/aromatic N) is 2. The summed E-state index contributed by atoms with van der Waals surface area (Å²) in [5.41, 5.74) is -0.546. The highest BCUT2D eigenvalue weighted by molar-refractivity contribution is 6.19. The van der Waals surface area contributed by atoms with Gasteiger partial charge in [-0.05, 0) is 62.2 Å². The van der Waals surface area contributed by atoms with Crippen LogP contribution in [0.25, 0.3) is 0 Å². The number of aliphatic imine (C=N–C) groups is 1. The second kappa shape index (κ2) is 5.95. The fourth-order valence-electron chi connectivity index (χ4n) is 6.94. The summed E-state index contributed by atoms with van der Waals surface area (Å²) in [6.45, 7) is 4.04. The highest BCUT2D eigenvalue weighted by atomic mass is 16.5. The number of aromatic hydroxyl groups is 1. The molecule has 2 N–H and O–H groups in total. The summed E-state index contributed by atoms with van der Waals surface area (Å²) in [4.78, 5) is 20.3. The number of phenolic OH excluding ortho intramolecular Hbond substituents is 1. The van der Waals surface area contributed by atoms with Crippen LogP contribution in [0, 0.1) is 5.41 Å². The van der Waals surface area contributed by atoms with E-state index >= 15 is 0 Å². The van der Waals surface area contributed by atoms with Crippen molar-refractivity contribution in [1.29, 1.82) is 0 Å². The second-order valence-electron chi connectivity index (χ2n) is 9.01. The van der Waals surface area contributed by atoms with E-state index in [-0.39, 0.29) is 17.2 Å². The van der Waals surface area contributed by atoms with Crippen LogP contribution >= 0.6 is 0 Å². The lowest BCUT2D eigenvalue weighted by Crippen LogP contribution is -2.71. The minimum atomic E-state index is -1.77. The molecule has 3 aliphatic heterocycles. The van der Waals surface area contributed by atoms with Crippen LogP contribution in [0.5, 0.6) is 11.5 Å². The Bertz CT molecular complexity index is 930. The Kier molecular flexibility index (Phi) is 3.87. The van der Waals surface area contributed by atoms with Crippen LogP contribution in [0.1, 0.15) is 44.6 Å². The third kappa shape index (κ3) is 2.10. The van der Waals surface area contributed by atoms with E-state index in [9.17, 15) is 15.0 Å². The van der Waals surface area contributed by atoms with Crippen molar-refractivity contribution in [2.45, 2.75) is 56.1 Å². The van der Waals surface area contributed by atoms with Crippen molar-refractivity contribution < 1.29 is 24.5 Å². The molecule has 7 heteroatoms. The number of rotatable bonds is 3. The molecular weight excluding hydrogens is 372 g/mol. The third-order valence-corrected chi connectivity index (χ3v) is 7.98. The SMILES string of the molecule is CCC12CCCN3CCC4(C(=Nc5cc(OC)c(O)cc54)C(O)(C(=O)OC)C1)C32. The van der Waals surface area contributed by atoms with E-state index in [1.54, 1.807) is 12.1 Å². The summed E-state index contributed by atoms with van der Waals surface area (Å²) in [7, 11) is 2.82. The number of ether oxygens (including phenoxy) is 2. The zero-order valence-electron chi connectivity index (χ0n) is 17.2. The zero-order chi connectivity index (χ0) is 20.6. The molecule has 1 aliphatic carbocycles. The van der Waals surface area contributed by atoms with Crippen LogP contribution in [-0.4, -0.2) is 65.7 Å². The van der Waals surface area contributed by atoms with Crippen LogP contribution in [0.15, 0.2) is 17.1 Å². The van der Waals surface area contributed by atoms with Gasteiger partial charge >= 0.3 is 5.97 Å². The van der Waals surface area contributed by atoms with Crippen LogP contribution < -0.4 is 4.74 Å². The number of carbonyl (C=O) groups is 1. The Balaban J connectivity index is 1.81. The maximum absolute atomic E-state index is 12.9. The molecule has 4 unspecified atom stereocenters. The fourth-order valence-corrected chi connectivity index (χ4v) is 6.94. The van der Waals surface area contributed by atoms with Gasteiger partial charge in [0.1, 0.15) is 0 Å². The van der Waals surface area contributed by atoms with Crippen molar-refractivity contribution in [3.05, 3.63) is 17.7 Å². The minimum Gasteiger partial charge on any atom is -0.504 e. The van der Waals surface area contributed by atoms with E-state index in [1.165, 1.54) is 14.2 Å². The predicted molar refractivity (Wildman–Crippen MR) is 107 cm³/mol. The summed E-state index contributed by atoms with van der Waals surface area (Å²) in [6.07, 6.45) is 3.94. The number of benzene rings is 1. The average molecular weight is 400 g/mol. The van der Waals surface area contributed by atoms with E-state index < -0.39 is 17.0 Å². The summed E-state index contributed by atoms with van der Waals surface area (Å²) < 4.78 is 10.4. The smallest absolute Gasteiger partial charge is 0.343 e. The van der Waals surface area contributed by atoms with Crippen LogP contribution in [-0.2, 0) is 14.9 Å². The van der Waals surface area contributed by atoms with E-state index in [4.69, 9.17) is 14.5 Å². The number of phenols is 1. The Morgan fingerprint density at radius 2 is 2.10 bits per heavy atom. The van der Waals surface area contributed by atoms with Crippen molar-refractivity contribution in [1.82, 2.24) is 4.90 Å². The molecule has 3 fully saturated rings. The highest BCUT2D eigenvalue weighted by Crippen LogP contribution is 2.65.